The number of aryl methyl sites for hydroxylation is 2. The molecule has 0 atom stereocenters. The van der Waals surface area contributed by atoms with E-state index in [0.717, 1.165) is 17.0 Å². The van der Waals surface area contributed by atoms with Crippen LogP contribution in [0, 0.1) is 31.5 Å². The van der Waals surface area contributed by atoms with Crippen molar-refractivity contribution in [3.63, 3.8) is 0 Å². The maximum absolute atomic E-state index is 13.3. The van der Waals surface area contributed by atoms with Gasteiger partial charge in [0.15, 0.2) is 0 Å². The van der Waals surface area contributed by atoms with Crippen LogP contribution in [0.2, 0.25) is 0 Å². The van der Waals surface area contributed by atoms with Crippen LogP contribution in [0.5, 0.6) is 0 Å². The molecule has 0 saturated carbocycles. The third-order valence-electron chi connectivity index (χ3n) is 2.96. The largest absolute Gasteiger partial charge is 0.395 e. The summed E-state index contributed by atoms with van der Waals surface area (Å²) in [6, 6.07) is 6.58. The molecule has 0 bridgehead atoms. The normalized spacial score (nSPS) is 10.2. The lowest BCUT2D eigenvalue weighted by molar-refractivity contribution is 0.305. The lowest BCUT2D eigenvalue weighted by Crippen LogP contribution is -2.06. The number of aromatic nitrogens is 2. The maximum Gasteiger partial charge on any atom is 0.124 e. The molecule has 0 amide bonds. The first-order valence-corrected chi connectivity index (χ1v) is 6.49. The fraction of sp³-hybridized carbons (Fsp3) is 0.312. The standard InChI is InChI=1S/C16H17FN2O/c1-12-9-13(2)19(18-12)11-15-6-7-16(17)10-14(15)5-3-4-8-20/h6-7,9-10,20H,4,8,11H2,1-2H3. The fourth-order valence-electron chi connectivity index (χ4n) is 2.01. The Morgan fingerprint density at radius 1 is 1.30 bits per heavy atom. The van der Waals surface area contributed by atoms with Crippen LogP contribution in [0.4, 0.5) is 4.39 Å². The number of nitrogens with zero attached hydrogens (tertiary/aromatic N) is 2. The Labute approximate surface area is 118 Å². The Balaban J connectivity index is 2.32. The average Bonchev–Trinajstić information content (AvgIpc) is 2.71. The van der Waals surface area contributed by atoms with Crippen molar-refractivity contribution in [1.82, 2.24) is 9.78 Å². The van der Waals surface area contributed by atoms with Gasteiger partial charge in [0.1, 0.15) is 5.82 Å². The van der Waals surface area contributed by atoms with Crippen LogP contribution in [0.25, 0.3) is 0 Å². The zero-order valence-corrected chi connectivity index (χ0v) is 11.7. The Morgan fingerprint density at radius 3 is 2.75 bits per heavy atom. The van der Waals surface area contributed by atoms with Crippen molar-refractivity contribution in [2.24, 2.45) is 0 Å². The summed E-state index contributed by atoms with van der Waals surface area (Å²) < 4.78 is 15.2. The molecular weight excluding hydrogens is 255 g/mol. The Hall–Kier alpha value is -2.12. The van der Waals surface area contributed by atoms with Gasteiger partial charge in [0.2, 0.25) is 0 Å². The molecule has 104 valence electrons. The van der Waals surface area contributed by atoms with Crippen LogP contribution >= 0.6 is 0 Å². The molecule has 0 radical (unpaired) electrons. The van der Waals surface area contributed by atoms with Gasteiger partial charge >= 0.3 is 0 Å². The summed E-state index contributed by atoms with van der Waals surface area (Å²) in [6.45, 7) is 4.50. The van der Waals surface area contributed by atoms with E-state index in [-0.39, 0.29) is 12.4 Å². The Bertz CT molecular complexity index is 665. The molecule has 4 heteroatoms. The van der Waals surface area contributed by atoms with Crippen molar-refractivity contribution < 1.29 is 9.50 Å². The predicted molar refractivity (Wildman–Crippen MR) is 75.8 cm³/mol. The smallest absolute Gasteiger partial charge is 0.124 e. The molecule has 1 N–H and O–H groups in total. The average molecular weight is 272 g/mol. The Morgan fingerprint density at radius 2 is 2.10 bits per heavy atom. The molecule has 0 fully saturated rings. The molecule has 1 aromatic heterocycles. The quantitative estimate of drug-likeness (QED) is 0.871. The van der Waals surface area contributed by atoms with E-state index in [4.69, 9.17) is 5.11 Å². The van der Waals surface area contributed by atoms with Gasteiger partial charge in [-0.15, -0.1) is 0 Å². The van der Waals surface area contributed by atoms with E-state index in [1.165, 1.54) is 12.1 Å². The number of hydrogen-bond acceptors (Lipinski definition) is 2. The SMILES string of the molecule is Cc1cc(C)n(Cc2ccc(F)cc2C#CCCO)n1. The number of hydrogen-bond donors (Lipinski definition) is 1. The molecule has 0 spiro atoms. The highest BCUT2D eigenvalue weighted by molar-refractivity contribution is 5.42. The third-order valence-corrected chi connectivity index (χ3v) is 2.96. The number of rotatable bonds is 3. The number of halogens is 1. The van der Waals surface area contributed by atoms with Gasteiger partial charge in [0, 0.05) is 17.7 Å². The molecule has 0 saturated heterocycles. The first-order chi connectivity index (χ1) is 9.60. The van der Waals surface area contributed by atoms with Gasteiger partial charge in [-0.3, -0.25) is 4.68 Å². The van der Waals surface area contributed by atoms with Crippen molar-refractivity contribution >= 4 is 0 Å². The number of aliphatic hydroxyl groups is 1. The fourth-order valence-corrected chi connectivity index (χ4v) is 2.01. The van der Waals surface area contributed by atoms with Crippen molar-refractivity contribution in [3.05, 3.63) is 52.6 Å². The lowest BCUT2D eigenvalue weighted by Gasteiger charge is -2.07. The first-order valence-electron chi connectivity index (χ1n) is 6.49. The van der Waals surface area contributed by atoms with Gasteiger partial charge in [-0.05, 0) is 37.6 Å². The van der Waals surface area contributed by atoms with E-state index in [1.54, 1.807) is 6.07 Å². The maximum atomic E-state index is 13.3. The monoisotopic (exact) mass is 272 g/mol. The topological polar surface area (TPSA) is 38.0 Å². The van der Waals surface area contributed by atoms with Crippen LogP contribution in [-0.4, -0.2) is 21.5 Å². The van der Waals surface area contributed by atoms with E-state index in [2.05, 4.69) is 16.9 Å². The zero-order valence-electron chi connectivity index (χ0n) is 11.7. The van der Waals surface area contributed by atoms with Crippen molar-refractivity contribution in [2.45, 2.75) is 26.8 Å². The highest BCUT2D eigenvalue weighted by atomic mass is 19.1. The van der Waals surface area contributed by atoms with Crippen LogP contribution in [0.1, 0.15) is 28.9 Å². The highest BCUT2D eigenvalue weighted by Crippen LogP contribution is 2.13. The van der Waals surface area contributed by atoms with E-state index >= 15 is 0 Å². The van der Waals surface area contributed by atoms with E-state index < -0.39 is 0 Å². The van der Waals surface area contributed by atoms with Crippen LogP contribution in [0.3, 0.4) is 0 Å². The minimum Gasteiger partial charge on any atom is -0.395 e. The highest BCUT2D eigenvalue weighted by Gasteiger charge is 2.06. The molecule has 0 aliphatic rings. The summed E-state index contributed by atoms with van der Waals surface area (Å²) in [6.07, 6.45) is 0.385. The summed E-state index contributed by atoms with van der Waals surface area (Å²) in [4.78, 5) is 0. The molecule has 2 aromatic rings. The summed E-state index contributed by atoms with van der Waals surface area (Å²) in [5.74, 6) is 5.43. The second-order valence-electron chi connectivity index (χ2n) is 4.66. The van der Waals surface area contributed by atoms with E-state index in [1.807, 2.05) is 24.6 Å². The van der Waals surface area contributed by atoms with Crippen molar-refractivity contribution in [2.75, 3.05) is 6.61 Å². The minimum absolute atomic E-state index is 0.00904. The van der Waals surface area contributed by atoms with Crippen LogP contribution < -0.4 is 0 Å². The molecule has 3 nitrogen and oxygen atoms in total. The summed E-state index contributed by atoms with van der Waals surface area (Å²) >= 11 is 0. The summed E-state index contributed by atoms with van der Waals surface area (Å²) in [5, 5.41) is 13.2. The number of aliphatic hydroxyl groups excluding tert-OH is 1. The molecule has 0 aliphatic carbocycles. The lowest BCUT2D eigenvalue weighted by atomic mass is 10.1. The molecular formula is C16H17FN2O. The minimum atomic E-state index is -0.310. The predicted octanol–water partition coefficient (Wildman–Crippen LogP) is 2.42. The second-order valence-corrected chi connectivity index (χ2v) is 4.66. The van der Waals surface area contributed by atoms with Gasteiger partial charge in [-0.1, -0.05) is 17.9 Å². The van der Waals surface area contributed by atoms with Gasteiger partial charge in [0.05, 0.1) is 18.8 Å². The molecule has 0 unspecified atom stereocenters. The Kier molecular flexibility index (Phi) is 4.54. The van der Waals surface area contributed by atoms with Crippen LogP contribution in [-0.2, 0) is 6.54 Å². The molecule has 0 aliphatic heterocycles. The van der Waals surface area contributed by atoms with Gasteiger partial charge in [-0.2, -0.15) is 5.10 Å². The first kappa shape index (κ1) is 14.3. The van der Waals surface area contributed by atoms with Gasteiger partial charge in [0.25, 0.3) is 0 Å². The molecule has 2 rings (SSSR count). The molecule has 1 heterocycles. The number of benzene rings is 1. The van der Waals surface area contributed by atoms with Gasteiger partial charge in [-0.25, -0.2) is 4.39 Å². The molecule has 1 aromatic carbocycles. The van der Waals surface area contributed by atoms with E-state index in [9.17, 15) is 4.39 Å². The van der Waals surface area contributed by atoms with Crippen molar-refractivity contribution in [3.8, 4) is 11.8 Å². The van der Waals surface area contributed by atoms with E-state index in [0.29, 0.717) is 18.5 Å². The van der Waals surface area contributed by atoms with Crippen LogP contribution in [0.15, 0.2) is 24.3 Å². The summed E-state index contributed by atoms with van der Waals surface area (Å²) in [5.41, 5.74) is 3.58. The second kappa shape index (κ2) is 6.36. The summed E-state index contributed by atoms with van der Waals surface area (Å²) in [7, 11) is 0. The third kappa shape index (κ3) is 3.46. The van der Waals surface area contributed by atoms with Gasteiger partial charge < -0.3 is 5.11 Å². The zero-order chi connectivity index (χ0) is 14.5. The van der Waals surface area contributed by atoms with Crippen molar-refractivity contribution in [1.29, 1.82) is 0 Å². The molecule has 20 heavy (non-hydrogen) atoms.